The van der Waals surface area contributed by atoms with E-state index >= 15 is 0 Å². The zero-order chi connectivity index (χ0) is 22.7. The number of carbonyl (C=O) groups is 3. The molecule has 0 bridgehead atoms. The molecule has 0 radical (unpaired) electrons. The first kappa shape index (κ1) is 22.3. The molecule has 8 heteroatoms. The quantitative estimate of drug-likeness (QED) is 0.541. The third-order valence-corrected chi connectivity index (χ3v) is 6.86. The van der Waals surface area contributed by atoms with E-state index < -0.39 is 24.0 Å². The van der Waals surface area contributed by atoms with Crippen LogP contribution in [0.2, 0.25) is 0 Å². The molecule has 1 aromatic carbocycles. The van der Waals surface area contributed by atoms with Crippen molar-refractivity contribution in [3.8, 4) is 0 Å². The van der Waals surface area contributed by atoms with Crippen LogP contribution in [0, 0.1) is 11.3 Å². The van der Waals surface area contributed by atoms with Crippen LogP contribution < -0.4 is 5.48 Å². The third-order valence-electron chi connectivity index (χ3n) is 6.86. The maximum Gasteiger partial charge on any atom is 0.410 e. The first-order valence-corrected chi connectivity index (χ1v) is 11.4. The highest BCUT2D eigenvalue weighted by Crippen LogP contribution is 2.55. The molecule has 1 aliphatic carbocycles. The summed E-state index contributed by atoms with van der Waals surface area (Å²) in [7, 11) is 0. The topological polar surface area (TPSA) is 99.2 Å². The monoisotopic (exact) mass is 441 g/mol. The molecule has 0 aromatic heterocycles. The number of nitrogens with zero attached hydrogens (tertiary/aromatic N) is 2. The van der Waals surface area contributed by atoms with Crippen LogP contribution in [0.4, 0.5) is 4.79 Å². The Morgan fingerprint density at radius 3 is 2.56 bits per heavy atom. The first-order valence-electron chi connectivity index (χ1n) is 11.4. The summed E-state index contributed by atoms with van der Waals surface area (Å²) in [4.78, 5) is 42.2. The van der Waals surface area contributed by atoms with Crippen LogP contribution in [0.1, 0.15) is 44.6 Å². The molecule has 2 aliphatic heterocycles. The van der Waals surface area contributed by atoms with E-state index in [4.69, 9.17) is 4.74 Å². The van der Waals surface area contributed by atoms with Crippen LogP contribution in [0.3, 0.4) is 0 Å². The van der Waals surface area contributed by atoms with E-state index in [2.05, 4.69) is 0 Å². The molecule has 3 amide bonds. The maximum atomic E-state index is 13.6. The average molecular weight is 442 g/mol. The Hall–Kier alpha value is -2.87. The number of hydrogen-bond acceptors (Lipinski definition) is 5. The summed E-state index contributed by atoms with van der Waals surface area (Å²) in [5.74, 6) is -1.71. The highest BCUT2D eigenvalue weighted by Gasteiger charge is 2.57. The fourth-order valence-electron chi connectivity index (χ4n) is 4.90. The first-order chi connectivity index (χ1) is 15.5. The van der Waals surface area contributed by atoms with Gasteiger partial charge in [0.25, 0.3) is 0 Å². The molecule has 172 valence electrons. The number of ether oxygens (including phenoxy) is 1. The Balaban J connectivity index is 1.56. The maximum absolute atomic E-state index is 13.6. The van der Waals surface area contributed by atoms with Crippen molar-refractivity contribution in [3.63, 3.8) is 0 Å². The van der Waals surface area contributed by atoms with Crippen molar-refractivity contribution in [2.45, 2.75) is 45.1 Å². The van der Waals surface area contributed by atoms with Gasteiger partial charge in [0.1, 0.15) is 6.04 Å². The van der Waals surface area contributed by atoms with Crippen molar-refractivity contribution >= 4 is 23.5 Å². The van der Waals surface area contributed by atoms with E-state index in [0.29, 0.717) is 38.9 Å². The smallest absolute Gasteiger partial charge is 0.410 e. The van der Waals surface area contributed by atoms with Crippen molar-refractivity contribution in [1.82, 2.24) is 15.3 Å². The molecule has 1 saturated carbocycles. The summed E-state index contributed by atoms with van der Waals surface area (Å²) in [6.45, 7) is 3.48. The van der Waals surface area contributed by atoms with Gasteiger partial charge in [-0.15, -0.1) is 0 Å². The molecular weight excluding hydrogens is 410 g/mol. The van der Waals surface area contributed by atoms with Gasteiger partial charge in [0, 0.05) is 19.6 Å². The molecule has 2 unspecified atom stereocenters. The molecule has 3 aliphatic rings. The number of hydrogen-bond donors (Lipinski definition) is 2. The van der Waals surface area contributed by atoms with Crippen LogP contribution in [-0.2, 0) is 14.3 Å². The lowest BCUT2D eigenvalue weighted by Gasteiger charge is -2.44. The molecule has 1 aromatic rings. The summed E-state index contributed by atoms with van der Waals surface area (Å²) in [6, 6.07) is 9.06. The molecule has 2 fully saturated rings. The lowest BCUT2D eigenvalue weighted by molar-refractivity contribution is -0.150. The molecule has 1 spiro atoms. The Labute approximate surface area is 188 Å². The Kier molecular flexibility index (Phi) is 6.50. The number of benzene rings is 1. The molecule has 32 heavy (non-hydrogen) atoms. The summed E-state index contributed by atoms with van der Waals surface area (Å²) < 4.78 is 5.37. The highest BCUT2D eigenvalue weighted by molar-refractivity contribution is 5.93. The molecule has 8 nitrogen and oxygen atoms in total. The summed E-state index contributed by atoms with van der Waals surface area (Å²) in [5.41, 5.74) is 3.87. The number of hydroxylamine groups is 1. The van der Waals surface area contributed by atoms with E-state index in [1.165, 1.54) is 10.5 Å². The van der Waals surface area contributed by atoms with Gasteiger partial charge in [-0.05, 0) is 48.7 Å². The van der Waals surface area contributed by atoms with E-state index in [-0.39, 0.29) is 17.9 Å². The Morgan fingerprint density at radius 2 is 1.97 bits per heavy atom. The van der Waals surface area contributed by atoms with Crippen LogP contribution >= 0.6 is 0 Å². The largest absolute Gasteiger partial charge is 0.449 e. The SMILES string of the molecule is CCCOC(=O)N1CC2(CC2)CC(C(=O)NO)C1C(=O)N1CC=C(c2ccccc2)CC1. The van der Waals surface area contributed by atoms with Gasteiger partial charge in [0.05, 0.1) is 12.5 Å². The second-order valence-corrected chi connectivity index (χ2v) is 9.10. The summed E-state index contributed by atoms with van der Waals surface area (Å²) in [6.07, 6.45) is 5.10. The predicted molar refractivity (Wildman–Crippen MR) is 117 cm³/mol. The fourth-order valence-corrected chi connectivity index (χ4v) is 4.90. The Morgan fingerprint density at radius 1 is 1.22 bits per heavy atom. The van der Waals surface area contributed by atoms with Gasteiger partial charge in [-0.1, -0.05) is 43.3 Å². The number of amides is 3. The minimum absolute atomic E-state index is 0.165. The van der Waals surface area contributed by atoms with Crippen molar-refractivity contribution < 1.29 is 24.3 Å². The lowest BCUT2D eigenvalue weighted by atomic mass is 9.79. The van der Waals surface area contributed by atoms with E-state index in [9.17, 15) is 19.6 Å². The van der Waals surface area contributed by atoms with Crippen molar-refractivity contribution in [3.05, 3.63) is 42.0 Å². The van der Waals surface area contributed by atoms with Gasteiger partial charge in [0.2, 0.25) is 11.8 Å². The third kappa shape index (κ3) is 4.50. The number of nitrogens with one attached hydrogen (secondary N) is 1. The molecule has 2 heterocycles. The van der Waals surface area contributed by atoms with E-state index in [1.807, 2.05) is 43.3 Å². The molecule has 1 saturated heterocycles. The van der Waals surface area contributed by atoms with Gasteiger partial charge in [-0.3, -0.25) is 19.7 Å². The van der Waals surface area contributed by atoms with Crippen molar-refractivity contribution in [1.29, 1.82) is 0 Å². The second-order valence-electron chi connectivity index (χ2n) is 9.10. The van der Waals surface area contributed by atoms with Crippen LogP contribution in [-0.4, -0.2) is 65.2 Å². The highest BCUT2D eigenvalue weighted by atomic mass is 16.6. The number of rotatable bonds is 5. The van der Waals surface area contributed by atoms with Crippen LogP contribution in [0.5, 0.6) is 0 Å². The van der Waals surface area contributed by atoms with E-state index in [0.717, 1.165) is 18.4 Å². The van der Waals surface area contributed by atoms with E-state index in [1.54, 1.807) is 10.4 Å². The summed E-state index contributed by atoms with van der Waals surface area (Å²) in [5, 5.41) is 9.35. The minimum Gasteiger partial charge on any atom is -0.449 e. The van der Waals surface area contributed by atoms with Crippen LogP contribution in [0.15, 0.2) is 36.4 Å². The predicted octanol–water partition coefficient (Wildman–Crippen LogP) is 2.83. The number of likely N-dealkylation sites (tertiary alicyclic amines) is 1. The van der Waals surface area contributed by atoms with Crippen molar-refractivity contribution in [2.24, 2.45) is 11.3 Å². The van der Waals surface area contributed by atoms with Crippen molar-refractivity contribution in [2.75, 3.05) is 26.2 Å². The number of carbonyl (C=O) groups excluding carboxylic acids is 3. The Bertz CT molecular complexity index is 896. The number of piperidine rings is 1. The molecule has 2 atom stereocenters. The normalized spacial score (nSPS) is 24.0. The van der Waals surface area contributed by atoms with Gasteiger partial charge < -0.3 is 9.64 Å². The average Bonchev–Trinajstić information content (AvgIpc) is 3.59. The lowest BCUT2D eigenvalue weighted by Crippen LogP contribution is -2.62. The van der Waals surface area contributed by atoms with Gasteiger partial charge in [-0.2, -0.15) is 0 Å². The zero-order valence-corrected chi connectivity index (χ0v) is 18.5. The van der Waals surface area contributed by atoms with Gasteiger partial charge in [0.15, 0.2) is 0 Å². The van der Waals surface area contributed by atoms with Crippen LogP contribution in [0.25, 0.3) is 5.57 Å². The zero-order valence-electron chi connectivity index (χ0n) is 18.5. The second kappa shape index (κ2) is 9.32. The molecule has 4 rings (SSSR count). The summed E-state index contributed by atoms with van der Waals surface area (Å²) >= 11 is 0. The molecule has 2 N–H and O–H groups in total. The standard InChI is InChI=1S/C24H31N3O5/c1-2-14-32-23(30)27-16-24(10-11-24)15-19(21(28)25-31)20(27)22(29)26-12-8-18(9-13-26)17-6-4-3-5-7-17/h3-8,19-20,31H,2,9-16H2,1H3,(H,25,28). The molecular formula is C24H31N3O5. The fraction of sp³-hybridized carbons (Fsp3) is 0.542. The minimum atomic E-state index is -0.982. The van der Waals surface area contributed by atoms with Gasteiger partial charge in [-0.25, -0.2) is 10.3 Å². The van der Waals surface area contributed by atoms with Gasteiger partial charge >= 0.3 is 6.09 Å².